The lowest BCUT2D eigenvalue weighted by molar-refractivity contribution is -0.384. The van der Waals surface area contributed by atoms with Crippen molar-refractivity contribution in [1.29, 1.82) is 0 Å². The van der Waals surface area contributed by atoms with E-state index >= 15 is 0 Å². The van der Waals surface area contributed by atoms with Crippen molar-refractivity contribution in [3.05, 3.63) is 82.7 Å². The van der Waals surface area contributed by atoms with E-state index in [1.54, 1.807) is 24.3 Å². The molecule has 1 aliphatic rings. The molecule has 174 valence electrons. The average molecular weight is 480 g/mol. The summed E-state index contributed by atoms with van der Waals surface area (Å²) in [5, 5.41) is 16.8. The third-order valence-electron chi connectivity index (χ3n) is 5.83. The summed E-state index contributed by atoms with van der Waals surface area (Å²) in [6.07, 6.45) is 0. The van der Waals surface area contributed by atoms with E-state index in [1.807, 2.05) is 35.2 Å². The third kappa shape index (κ3) is 4.40. The molecule has 4 aromatic rings. The van der Waals surface area contributed by atoms with Crippen molar-refractivity contribution in [2.45, 2.75) is 11.4 Å². The Balaban J connectivity index is 1.23. The number of nitro groups is 1. The normalized spacial score (nSPS) is 15.5. The molecule has 3 aromatic carbocycles. The number of fused-ring (bicyclic) bond motifs is 1. The number of hydrogen-bond acceptors (Lipinski definition) is 8. The first-order chi connectivity index (χ1) is 16.4. The van der Waals surface area contributed by atoms with E-state index in [2.05, 4.69) is 10.1 Å². The zero-order valence-corrected chi connectivity index (χ0v) is 18.9. The van der Waals surface area contributed by atoms with Gasteiger partial charge in [0.1, 0.15) is 0 Å². The average Bonchev–Trinajstić information content (AvgIpc) is 3.32. The molecule has 1 saturated heterocycles. The summed E-state index contributed by atoms with van der Waals surface area (Å²) in [5.74, 6) is 0.642. The number of sulfonamides is 1. The van der Waals surface area contributed by atoms with Crippen LogP contribution in [0.15, 0.2) is 76.1 Å². The minimum atomic E-state index is -3.59. The highest BCUT2D eigenvalue weighted by Crippen LogP contribution is 2.24. The Hall–Kier alpha value is -3.67. The predicted octanol–water partition coefficient (Wildman–Crippen LogP) is 3.30. The van der Waals surface area contributed by atoms with Crippen molar-refractivity contribution in [3.8, 4) is 11.4 Å². The molecule has 0 atom stereocenters. The number of rotatable bonds is 6. The molecule has 34 heavy (non-hydrogen) atoms. The molecule has 1 aromatic heterocycles. The fraction of sp³-hybridized carbons (Fsp3) is 0.217. The highest BCUT2D eigenvalue weighted by Gasteiger charge is 2.29. The van der Waals surface area contributed by atoms with Gasteiger partial charge in [-0.1, -0.05) is 47.6 Å². The summed E-state index contributed by atoms with van der Waals surface area (Å²) in [6, 6.07) is 18.9. The molecule has 0 radical (unpaired) electrons. The van der Waals surface area contributed by atoms with Crippen molar-refractivity contribution in [2.75, 3.05) is 26.2 Å². The van der Waals surface area contributed by atoms with E-state index in [4.69, 9.17) is 4.52 Å². The van der Waals surface area contributed by atoms with Gasteiger partial charge in [0.15, 0.2) is 0 Å². The molecule has 10 nitrogen and oxygen atoms in total. The molecule has 0 bridgehead atoms. The maximum Gasteiger partial charge on any atom is 0.270 e. The van der Waals surface area contributed by atoms with E-state index in [0.717, 1.165) is 10.8 Å². The Labute approximate surface area is 195 Å². The second kappa shape index (κ2) is 8.93. The highest BCUT2D eigenvalue weighted by atomic mass is 32.2. The molecule has 11 heteroatoms. The number of aromatic nitrogens is 2. The van der Waals surface area contributed by atoms with Gasteiger partial charge in [-0.2, -0.15) is 9.29 Å². The van der Waals surface area contributed by atoms with Crippen LogP contribution in [0.5, 0.6) is 0 Å². The zero-order chi connectivity index (χ0) is 23.7. The predicted molar refractivity (Wildman–Crippen MR) is 124 cm³/mol. The first-order valence-electron chi connectivity index (χ1n) is 10.7. The van der Waals surface area contributed by atoms with E-state index < -0.39 is 14.9 Å². The molecule has 0 unspecified atom stereocenters. The first-order valence-corrected chi connectivity index (χ1v) is 12.1. The summed E-state index contributed by atoms with van der Waals surface area (Å²) in [7, 11) is -3.59. The molecule has 0 amide bonds. The molecule has 5 rings (SSSR count). The molecule has 0 spiro atoms. The van der Waals surface area contributed by atoms with Crippen molar-refractivity contribution in [2.24, 2.45) is 0 Å². The Morgan fingerprint density at radius 3 is 2.47 bits per heavy atom. The fourth-order valence-corrected chi connectivity index (χ4v) is 5.45. The zero-order valence-electron chi connectivity index (χ0n) is 18.1. The standard InChI is InChI=1S/C23H21N5O5S/c29-28(30)20-7-3-6-19(14-20)23-24-22(33-25-23)16-26-10-12-27(13-11-26)34(31,32)21-9-8-17-4-1-2-5-18(17)15-21/h1-9,14-15H,10-13,16H2. The molecule has 0 saturated carbocycles. The van der Waals surface area contributed by atoms with Crippen LogP contribution in [0.4, 0.5) is 5.69 Å². The minimum Gasteiger partial charge on any atom is -0.338 e. The van der Waals surface area contributed by atoms with E-state index in [1.165, 1.54) is 16.4 Å². The van der Waals surface area contributed by atoms with Gasteiger partial charge in [0.25, 0.3) is 5.69 Å². The van der Waals surface area contributed by atoms with Gasteiger partial charge in [-0.25, -0.2) is 8.42 Å². The smallest absolute Gasteiger partial charge is 0.270 e. The maximum atomic E-state index is 13.2. The number of nitro benzene ring substituents is 1. The minimum absolute atomic E-state index is 0.0485. The van der Waals surface area contributed by atoms with Crippen molar-refractivity contribution >= 4 is 26.5 Å². The summed E-state index contributed by atoms with van der Waals surface area (Å²) < 4.78 is 33.1. The van der Waals surface area contributed by atoms with E-state index in [9.17, 15) is 18.5 Å². The van der Waals surface area contributed by atoms with Gasteiger partial charge in [-0.05, 0) is 22.9 Å². The topological polar surface area (TPSA) is 123 Å². The van der Waals surface area contributed by atoms with Crippen molar-refractivity contribution in [3.63, 3.8) is 0 Å². The molecule has 1 fully saturated rings. The summed E-state index contributed by atoms with van der Waals surface area (Å²) in [6.45, 7) is 2.09. The van der Waals surface area contributed by atoms with Gasteiger partial charge in [0, 0.05) is 43.9 Å². The second-order valence-corrected chi connectivity index (χ2v) is 9.95. The van der Waals surface area contributed by atoms with Crippen LogP contribution >= 0.6 is 0 Å². The summed E-state index contributed by atoms with van der Waals surface area (Å²) >= 11 is 0. The van der Waals surface area contributed by atoms with Crippen LogP contribution in [0.1, 0.15) is 5.89 Å². The third-order valence-corrected chi connectivity index (χ3v) is 7.73. The quantitative estimate of drug-likeness (QED) is 0.305. The van der Waals surface area contributed by atoms with Gasteiger partial charge in [-0.15, -0.1) is 0 Å². The van der Waals surface area contributed by atoms with Crippen LogP contribution in [-0.2, 0) is 16.6 Å². The van der Waals surface area contributed by atoms with Gasteiger partial charge in [0.05, 0.1) is 16.4 Å². The number of hydrogen-bond donors (Lipinski definition) is 0. The fourth-order valence-electron chi connectivity index (χ4n) is 3.99. The number of nitrogens with zero attached hydrogens (tertiary/aromatic N) is 5. The van der Waals surface area contributed by atoms with Crippen LogP contribution in [0, 0.1) is 10.1 Å². The lowest BCUT2D eigenvalue weighted by atomic mass is 10.1. The summed E-state index contributed by atoms with van der Waals surface area (Å²) in [5.41, 5.74) is 0.447. The number of non-ortho nitro benzene ring substituents is 1. The Morgan fingerprint density at radius 2 is 1.71 bits per heavy atom. The highest BCUT2D eigenvalue weighted by molar-refractivity contribution is 7.89. The van der Waals surface area contributed by atoms with Crippen LogP contribution in [-0.4, -0.2) is 58.9 Å². The molecule has 2 heterocycles. The van der Waals surface area contributed by atoms with E-state index in [0.29, 0.717) is 44.2 Å². The van der Waals surface area contributed by atoms with Gasteiger partial charge >= 0.3 is 0 Å². The lowest BCUT2D eigenvalue weighted by Gasteiger charge is -2.33. The SMILES string of the molecule is O=[N+]([O-])c1cccc(-c2noc(CN3CCN(S(=O)(=O)c4ccc5ccccc5c4)CC3)n2)c1. The molecular weight excluding hydrogens is 458 g/mol. The molecule has 0 aliphatic carbocycles. The number of benzene rings is 3. The van der Waals surface area contributed by atoms with Crippen LogP contribution < -0.4 is 0 Å². The number of piperazine rings is 1. The maximum absolute atomic E-state index is 13.2. The van der Waals surface area contributed by atoms with Gasteiger partial charge < -0.3 is 4.52 Å². The van der Waals surface area contributed by atoms with Crippen LogP contribution in [0.3, 0.4) is 0 Å². The lowest BCUT2D eigenvalue weighted by Crippen LogP contribution is -2.48. The molecule has 0 N–H and O–H groups in total. The van der Waals surface area contributed by atoms with Gasteiger partial charge in [-0.3, -0.25) is 15.0 Å². The molecule has 1 aliphatic heterocycles. The Bertz CT molecular complexity index is 1460. The van der Waals surface area contributed by atoms with Crippen LogP contribution in [0.2, 0.25) is 0 Å². The van der Waals surface area contributed by atoms with Crippen LogP contribution in [0.25, 0.3) is 22.2 Å². The molecular formula is C23H21N5O5S. The van der Waals surface area contributed by atoms with Crippen molar-refractivity contribution < 1.29 is 17.9 Å². The van der Waals surface area contributed by atoms with Crippen molar-refractivity contribution in [1.82, 2.24) is 19.3 Å². The largest absolute Gasteiger partial charge is 0.338 e. The second-order valence-electron chi connectivity index (χ2n) is 8.01. The summed E-state index contributed by atoms with van der Waals surface area (Å²) in [4.78, 5) is 17.2. The van der Waals surface area contributed by atoms with Gasteiger partial charge in [0.2, 0.25) is 21.7 Å². The Morgan fingerprint density at radius 1 is 0.941 bits per heavy atom. The first kappa shape index (κ1) is 22.1. The monoisotopic (exact) mass is 479 g/mol. The van der Waals surface area contributed by atoms with E-state index in [-0.39, 0.29) is 16.4 Å². The Kier molecular flexibility index (Phi) is 5.82.